The zero-order valence-electron chi connectivity index (χ0n) is 14.6. The summed E-state index contributed by atoms with van der Waals surface area (Å²) in [7, 11) is 0. The zero-order valence-corrected chi connectivity index (χ0v) is 15.4. The molecule has 1 fully saturated rings. The molecule has 24 heavy (non-hydrogen) atoms. The first-order chi connectivity index (χ1) is 11.6. The maximum atomic E-state index is 9.25. The van der Waals surface area contributed by atoms with E-state index in [2.05, 4.69) is 53.3 Å². The van der Waals surface area contributed by atoms with Gasteiger partial charge in [0.2, 0.25) is 0 Å². The lowest BCUT2D eigenvalue weighted by atomic mass is 9.97. The van der Waals surface area contributed by atoms with Crippen molar-refractivity contribution in [2.45, 2.75) is 39.8 Å². The van der Waals surface area contributed by atoms with E-state index in [1.165, 1.54) is 16.1 Å². The summed E-state index contributed by atoms with van der Waals surface area (Å²) in [6.07, 6.45) is 2.22. The molecule has 0 atom stereocenters. The summed E-state index contributed by atoms with van der Waals surface area (Å²) in [6, 6.07) is 8.71. The average molecular weight is 346 g/mol. The largest absolute Gasteiger partial charge is 0.396 e. The van der Waals surface area contributed by atoms with Crippen LogP contribution in [0.5, 0.6) is 0 Å². The Morgan fingerprint density at radius 2 is 2.08 bits per heavy atom. The Bertz CT molecular complexity index is 662. The third kappa shape index (κ3) is 4.56. The van der Waals surface area contributed by atoms with Crippen LogP contribution in [-0.4, -0.2) is 34.7 Å². The van der Waals surface area contributed by atoms with Crippen molar-refractivity contribution in [1.82, 2.24) is 9.88 Å². The van der Waals surface area contributed by atoms with Crippen LogP contribution in [0.4, 0.5) is 5.69 Å². The predicted molar refractivity (Wildman–Crippen MR) is 100 cm³/mol. The minimum atomic E-state index is 0.337. The quantitative estimate of drug-likeness (QED) is 0.840. The molecule has 0 spiro atoms. The molecule has 2 aromatic rings. The van der Waals surface area contributed by atoms with Gasteiger partial charge in [-0.3, -0.25) is 4.90 Å². The van der Waals surface area contributed by atoms with Crippen LogP contribution in [0, 0.1) is 19.8 Å². The van der Waals surface area contributed by atoms with E-state index >= 15 is 0 Å². The van der Waals surface area contributed by atoms with Crippen LogP contribution >= 0.6 is 11.3 Å². The Hall–Kier alpha value is -1.43. The number of thiazole rings is 1. The third-order valence-corrected chi connectivity index (χ3v) is 5.82. The van der Waals surface area contributed by atoms with Crippen LogP contribution in [0.3, 0.4) is 0 Å². The Balaban J connectivity index is 1.55. The van der Waals surface area contributed by atoms with Crippen molar-refractivity contribution in [3.05, 3.63) is 45.4 Å². The molecule has 0 saturated carbocycles. The molecular formula is C19H27N3OS. The van der Waals surface area contributed by atoms with E-state index in [1.54, 1.807) is 11.3 Å². The number of aliphatic hydroxyl groups is 1. The van der Waals surface area contributed by atoms with E-state index in [-0.39, 0.29) is 0 Å². The summed E-state index contributed by atoms with van der Waals surface area (Å²) in [6.45, 7) is 8.47. The smallest absolute Gasteiger partial charge is 0.0900 e. The number of nitrogens with zero attached hydrogens (tertiary/aromatic N) is 2. The molecule has 0 aliphatic carbocycles. The van der Waals surface area contributed by atoms with Gasteiger partial charge in [-0.2, -0.15) is 0 Å². The van der Waals surface area contributed by atoms with E-state index in [9.17, 15) is 5.11 Å². The number of rotatable bonds is 6. The number of benzene rings is 1. The maximum absolute atomic E-state index is 9.25. The highest BCUT2D eigenvalue weighted by atomic mass is 32.1. The van der Waals surface area contributed by atoms with Gasteiger partial charge in [-0.25, -0.2) is 4.98 Å². The Morgan fingerprint density at radius 3 is 2.75 bits per heavy atom. The predicted octanol–water partition coefficient (Wildman–Crippen LogP) is 3.58. The standard InChI is InChI=1S/C19H27N3OS/c1-14-19(24-15(2)21-14)11-20-18-5-3-4-17(10-18)12-22-8-6-16(13-23)7-9-22/h3-5,10,16,20,23H,6-9,11-13H2,1-2H3. The SMILES string of the molecule is Cc1nc(C)c(CNc2cccc(CN3CCC(CO)CC3)c2)s1. The van der Waals surface area contributed by atoms with Crippen molar-refractivity contribution in [1.29, 1.82) is 0 Å². The van der Waals surface area contributed by atoms with Gasteiger partial charge in [-0.1, -0.05) is 12.1 Å². The van der Waals surface area contributed by atoms with E-state index in [4.69, 9.17) is 0 Å². The van der Waals surface area contributed by atoms with E-state index in [0.29, 0.717) is 12.5 Å². The highest BCUT2D eigenvalue weighted by Gasteiger charge is 2.18. The molecule has 0 amide bonds. The molecule has 1 aromatic carbocycles. The molecule has 1 aromatic heterocycles. The van der Waals surface area contributed by atoms with Crippen molar-refractivity contribution in [3.8, 4) is 0 Å². The number of nitrogens with one attached hydrogen (secondary N) is 1. The van der Waals surface area contributed by atoms with Gasteiger partial charge in [0.25, 0.3) is 0 Å². The van der Waals surface area contributed by atoms with Crippen molar-refractivity contribution >= 4 is 17.0 Å². The average Bonchev–Trinajstić information content (AvgIpc) is 2.91. The Kier molecular flexibility index (Phi) is 5.87. The number of piperidine rings is 1. The number of hydrogen-bond acceptors (Lipinski definition) is 5. The molecular weight excluding hydrogens is 318 g/mol. The lowest BCUT2D eigenvalue weighted by Crippen LogP contribution is -2.34. The summed E-state index contributed by atoms with van der Waals surface area (Å²) < 4.78 is 0. The minimum Gasteiger partial charge on any atom is -0.396 e. The fourth-order valence-corrected chi connectivity index (χ4v) is 4.16. The van der Waals surface area contributed by atoms with E-state index in [1.807, 2.05) is 0 Å². The van der Waals surface area contributed by atoms with Gasteiger partial charge in [0.1, 0.15) is 0 Å². The monoisotopic (exact) mass is 345 g/mol. The Morgan fingerprint density at radius 1 is 1.29 bits per heavy atom. The van der Waals surface area contributed by atoms with Gasteiger partial charge in [-0.05, 0) is 63.4 Å². The number of aliphatic hydroxyl groups excluding tert-OH is 1. The van der Waals surface area contributed by atoms with Gasteiger partial charge in [0, 0.05) is 23.7 Å². The number of likely N-dealkylation sites (tertiary alicyclic amines) is 1. The van der Waals surface area contributed by atoms with Gasteiger partial charge in [-0.15, -0.1) is 11.3 Å². The second-order valence-electron chi connectivity index (χ2n) is 6.70. The highest BCUT2D eigenvalue weighted by molar-refractivity contribution is 7.11. The van der Waals surface area contributed by atoms with Crippen LogP contribution in [0.25, 0.3) is 0 Å². The van der Waals surface area contributed by atoms with E-state index in [0.717, 1.165) is 49.7 Å². The first-order valence-electron chi connectivity index (χ1n) is 8.73. The normalized spacial score (nSPS) is 16.5. The fraction of sp³-hybridized carbons (Fsp3) is 0.526. The molecule has 0 radical (unpaired) electrons. The Labute approximate surface area is 148 Å². The molecule has 1 saturated heterocycles. The molecule has 4 nitrogen and oxygen atoms in total. The lowest BCUT2D eigenvalue weighted by Gasteiger charge is -2.31. The molecule has 0 bridgehead atoms. The van der Waals surface area contributed by atoms with Gasteiger partial charge >= 0.3 is 0 Å². The number of aromatic nitrogens is 1. The second kappa shape index (κ2) is 8.10. The van der Waals surface area contributed by atoms with Crippen LogP contribution in [0.15, 0.2) is 24.3 Å². The van der Waals surface area contributed by atoms with Gasteiger partial charge in [0.15, 0.2) is 0 Å². The first-order valence-corrected chi connectivity index (χ1v) is 9.54. The summed E-state index contributed by atoms with van der Waals surface area (Å²) in [5.41, 5.74) is 3.65. The number of hydrogen-bond donors (Lipinski definition) is 2. The topological polar surface area (TPSA) is 48.4 Å². The lowest BCUT2D eigenvalue weighted by molar-refractivity contribution is 0.127. The van der Waals surface area contributed by atoms with Crippen molar-refractivity contribution in [2.75, 3.05) is 25.0 Å². The summed E-state index contributed by atoms with van der Waals surface area (Å²) in [5.74, 6) is 0.500. The first kappa shape index (κ1) is 17.4. The molecule has 0 unspecified atom stereocenters. The zero-order chi connectivity index (χ0) is 16.9. The maximum Gasteiger partial charge on any atom is 0.0900 e. The molecule has 2 N–H and O–H groups in total. The molecule has 1 aliphatic rings. The summed E-state index contributed by atoms with van der Waals surface area (Å²) in [5, 5.41) is 13.9. The summed E-state index contributed by atoms with van der Waals surface area (Å²) >= 11 is 1.77. The molecule has 5 heteroatoms. The van der Waals surface area contributed by atoms with Gasteiger partial charge < -0.3 is 10.4 Å². The van der Waals surface area contributed by atoms with Gasteiger partial charge in [0.05, 0.1) is 17.2 Å². The second-order valence-corrected chi connectivity index (χ2v) is 7.99. The fourth-order valence-electron chi connectivity index (χ4n) is 3.28. The number of anilines is 1. The third-order valence-electron chi connectivity index (χ3n) is 4.75. The van der Waals surface area contributed by atoms with Crippen molar-refractivity contribution in [2.24, 2.45) is 5.92 Å². The molecule has 3 rings (SSSR count). The van der Waals surface area contributed by atoms with Crippen molar-refractivity contribution in [3.63, 3.8) is 0 Å². The van der Waals surface area contributed by atoms with Crippen LogP contribution in [-0.2, 0) is 13.1 Å². The van der Waals surface area contributed by atoms with Crippen LogP contribution < -0.4 is 5.32 Å². The minimum absolute atomic E-state index is 0.337. The van der Waals surface area contributed by atoms with Crippen LogP contribution in [0.2, 0.25) is 0 Å². The highest BCUT2D eigenvalue weighted by Crippen LogP contribution is 2.21. The molecule has 1 aliphatic heterocycles. The summed E-state index contributed by atoms with van der Waals surface area (Å²) in [4.78, 5) is 8.28. The van der Waals surface area contributed by atoms with Crippen molar-refractivity contribution < 1.29 is 5.11 Å². The molecule has 2 heterocycles. The van der Waals surface area contributed by atoms with Crippen LogP contribution in [0.1, 0.15) is 34.0 Å². The van der Waals surface area contributed by atoms with E-state index < -0.39 is 0 Å². The molecule has 130 valence electrons. The number of aryl methyl sites for hydroxylation is 2.